The molecule has 1 aromatic heterocycles. The highest BCUT2D eigenvalue weighted by Crippen LogP contribution is 2.33. The van der Waals surface area contributed by atoms with Crippen molar-refractivity contribution in [2.75, 3.05) is 19.0 Å². The molecule has 0 aliphatic rings. The van der Waals surface area contributed by atoms with E-state index in [0.717, 1.165) is 10.3 Å². The first-order chi connectivity index (χ1) is 12.9. The predicted molar refractivity (Wildman–Crippen MR) is 103 cm³/mol. The van der Waals surface area contributed by atoms with Crippen molar-refractivity contribution in [3.05, 3.63) is 58.2 Å². The number of aryl methyl sites for hydroxylation is 2. The molecule has 1 heterocycles. The van der Waals surface area contributed by atoms with Crippen LogP contribution in [0.25, 0.3) is 10.1 Å². The van der Waals surface area contributed by atoms with Gasteiger partial charge in [-0.15, -0.1) is 11.3 Å². The largest absolute Gasteiger partial charge is 0.482 e. The Morgan fingerprint density at radius 3 is 2.63 bits per heavy atom. The van der Waals surface area contributed by atoms with Crippen molar-refractivity contribution in [3.8, 4) is 5.75 Å². The molecule has 0 spiro atoms. The number of rotatable bonds is 5. The van der Waals surface area contributed by atoms with Crippen LogP contribution in [0.1, 0.15) is 20.8 Å². The number of carbonyl (C=O) groups excluding carboxylic acids is 2. The second-order valence-corrected chi connectivity index (χ2v) is 7.02. The summed E-state index contributed by atoms with van der Waals surface area (Å²) in [7, 11) is 1.29. The molecule has 0 aliphatic carbocycles. The van der Waals surface area contributed by atoms with Crippen molar-refractivity contribution in [2.45, 2.75) is 13.8 Å². The minimum absolute atomic E-state index is 0.186. The number of esters is 1. The van der Waals surface area contributed by atoms with Gasteiger partial charge < -0.3 is 14.8 Å². The first-order valence-electron chi connectivity index (χ1n) is 8.20. The highest BCUT2D eigenvalue weighted by molar-refractivity contribution is 7.21. The van der Waals surface area contributed by atoms with E-state index in [1.165, 1.54) is 24.5 Å². The first-order valence-corrected chi connectivity index (χ1v) is 9.01. The molecule has 1 N–H and O–H groups in total. The van der Waals surface area contributed by atoms with Crippen LogP contribution < -0.4 is 10.1 Å². The second kappa shape index (κ2) is 7.75. The third-order valence-electron chi connectivity index (χ3n) is 4.14. The van der Waals surface area contributed by atoms with Gasteiger partial charge in [0.1, 0.15) is 11.6 Å². The van der Waals surface area contributed by atoms with Crippen molar-refractivity contribution in [3.63, 3.8) is 0 Å². The summed E-state index contributed by atoms with van der Waals surface area (Å²) in [5, 5.41) is 3.34. The fraction of sp³-hybridized carbons (Fsp3) is 0.200. The zero-order valence-electron chi connectivity index (χ0n) is 15.1. The van der Waals surface area contributed by atoms with E-state index in [1.54, 1.807) is 37.3 Å². The summed E-state index contributed by atoms with van der Waals surface area (Å²) in [5.41, 5.74) is 2.01. The number of carbonyl (C=O) groups is 2. The average Bonchev–Trinajstić information content (AvgIpc) is 2.99. The van der Waals surface area contributed by atoms with Gasteiger partial charge in [-0.05, 0) is 55.3 Å². The Hall–Kier alpha value is -2.93. The first kappa shape index (κ1) is 18.8. The zero-order valence-corrected chi connectivity index (χ0v) is 15.9. The van der Waals surface area contributed by atoms with Crippen LogP contribution >= 0.6 is 11.3 Å². The Morgan fingerprint density at radius 1 is 1.19 bits per heavy atom. The minimum Gasteiger partial charge on any atom is -0.482 e. The molecule has 140 valence electrons. The molecule has 0 fully saturated rings. The molecule has 3 rings (SSSR count). The van der Waals surface area contributed by atoms with Gasteiger partial charge in [0.25, 0.3) is 5.91 Å². The van der Waals surface area contributed by atoms with E-state index in [-0.39, 0.29) is 18.3 Å². The Labute approximate surface area is 159 Å². The smallest absolute Gasteiger partial charge is 0.343 e. The Morgan fingerprint density at radius 2 is 1.96 bits per heavy atom. The van der Waals surface area contributed by atoms with E-state index in [4.69, 9.17) is 4.74 Å². The molecule has 0 aliphatic heterocycles. The lowest BCUT2D eigenvalue weighted by molar-refractivity contribution is -0.142. The highest BCUT2D eigenvalue weighted by atomic mass is 32.1. The van der Waals surface area contributed by atoms with Crippen LogP contribution in [0.3, 0.4) is 0 Å². The van der Waals surface area contributed by atoms with Gasteiger partial charge in [-0.3, -0.25) is 4.79 Å². The number of nitrogens with one attached hydrogen (secondary N) is 1. The van der Waals surface area contributed by atoms with E-state index in [0.29, 0.717) is 27.3 Å². The summed E-state index contributed by atoms with van der Waals surface area (Å²) < 4.78 is 24.6. The molecule has 27 heavy (non-hydrogen) atoms. The molecule has 0 saturated heterocycles. The van der Waals surface area contributed by atoms with E-state index < -0.39 is 5.97 Å². The van der Waals surface area contributed by atoms with Crippen molar-refractivity contribution in [2.24, 2.45) is 0 Å². The Kier molecular flexibility index (Phi) is 5.41. The van der Waals surface area contributed by atoms with Crippen LogP contribution in [-0.4, -0.2) is 25.6 Å². The molecule has 0 radical (unpaired) electrons. The SMILES string of the molecule is COC(=O)COc1ccc(NC(=O)c2sc3cccc(F)c3c2C)c(C)c1. The average molecular weight is 387 g/mol. The molecule has 1 amide bonds. The number of halogens is 1. The maximum absolute atomic E-state index is 14.0. The Balaban J connectivity index is 1.79. The molecule has 7 heteroatoms. The number of benzene rings is 2. The van der Waals surface area contributed by atoms with E-state index in [9.17, 15) is 14.0 Å². The van der Waals surface area contributed by atoms with Gasteiger partial charge in [0.15, 0.2) is 6.61 Å². The van der Waals surface area contributed by atoms with Crippen LogP contribution in [0.15, 0.2) is 36.4 Å². The van der Waals surface area contributed by atoms with Gasteiger partial charge in [-0.1, -0.05) is 6.07 Å². The zero-order chi connectivity index (χ0) is 19.6. The van der Waals surface area contributed by atoms with Crippen molar-refractivity contribution >= 4 is 39.0 Å². The lowest BCUT2D eigenvalue weighted by Crippen LogP contribution is -2.14. The molecule has 3 aromatic rings. The highest BCUT2D eigenvalue weighted by Gasteiger charge is 2.18. The number of methoxy groups -OCH3 is 1. The Bertz CT molecular complexity index is 1030. The summed E-state index contributed by atoms with van der Waals surface area (Å²) in [5.74, 6) is -0.600. The summed E-state index contributed by atoms with van der Waals surface area (Å²) >= 11 is 1.26. The molecule has 0 bridgehead atoms. The molecule has 5 nitrogen and oxygen atoms in total. The number of ether oxygens (including phenoxy) is 2. The lowest BCUT2D eigenvalue weighted by atomic mass is 10.1. The fourth-order valence-electron chi connectivity index (χ4n) is 2.72. The van der Waals surface area contributed by atoms with Crippen LogP contribution in [0.2, 0.25) is 0 Å². The minimum atomic E-state index is -0.475. The van der Waals surface area contributed by atoms with Crippen molar-refractivity contribution < 1.29 is 23.5 Å². The monoisotopic (exact) mass is 387 g/mol. The second-order valence-electron chi connectivity index (χ2n) is 5.96. The molecule has 0 saturated carbocycles. The van der Waals surface area contributed by atoms with E-state index in [2.05, 4.69) is 10.1 Å². The number of amides is 1. The van der Waals surface area contributed by atoms with Crippen LogP contribution in [0.4, 0.5) is 10.1 Å². The number of thiophene rings is 1. The third kappa shape index (κ3) is 3.93. The summed E-state index contributed by atoms with van der Waals surface area (Å²) in [6.45, 7) is 3.37. The third-order valence-corrected chi connectivity index (χ3v) is 5.40. The molecular formula is C20H18FNO4S. The number of anilines is 1. The predicted octanol–water partition coefficient (Wildman–Crippen LogP) is 4.46. The van der Waals surface area contributed by atoms with Gasteiger partial charge in [-0.25, -0.2) is 9.18 Å². The summed E-state index contributed by atoms with van der Waals surface area (Å²) in [4.78, 5) is 24.3. The van der Waals surface area contributed by atoms with Crippen LogP contribution in [0.5, 0.6) is 5.75 Å². The quantitative estimate of drug-likeness (QED) is 0.657. The van der Waals surface area contributed by atoms with Gasteiger partial charge in [-0.2, -0.15) is 0 Å². The number of hydrogen-bond acceptors (Lipinski definition) is 5. The number of hydrogen-bond donors (Lipinski definition) is 1. The van der Waals surface area contributed by atoms with E-state index in [1.807, 2.05) is 6.92 Å². The maximum atomic E-state index is 14.0. The summed E-state index contributed by atoms with van der Waals surface area (Å²) in [6.07, 6.45) is 0. The van der Waals surface area contributed by atoms with Crippen LogP contribution in [0, 0.1) is 19.7 Å². The van der Waals surface area contributed by atoms with Crippen molar-refractivity contribution in [1.29, 1.82) is 0 Å². The molecule has 0 atom stereocenters. The molecule has 0 unspecified atom stereocenters. The standard InChI is InChI=1S/C20H18FNO4S/c1-11-9-13(26-10-17(23)25-3)7-8-15(11)22-20(24)19-12(2)18-14(21)5-4-6-16(18)27-19/h4-9H,10H2,1-3H3,(H,22,24). The topological polar surface area (TPSA) is 64.6 Å². The molecule has 2 aromatic carbocycles. The van der Waals surface area contributed by atoms with Gasteiger partial charge >= 0.3 is 5.97 Å². The lowest BCUT2D eigenvalue weighted by Gasteiger charge is -2.11. The maximum Gasteiger partial charge on any atom is 0.343 e. The van der Waals surface area contributed by atoms with Gasteiger partial charge in [0.2, 0.25) is 0 Å². The van der Waals surface area contributed by atoms with Crippen molar-refractivity contribution in [1.82, 2.24) is 0 Å². The summed E-state index contributed by atoms with van der Waals surface area (Å²) in [6, 6.07) is 9.89. The normalized spacial score (nSPS) is 10.7. The van der Waals surface area contributed by atoms with E-state index >= 15 is 0 Å². The fourth-order valence-corrected chi connectivity index (χ4v) is 3.83. The van der Waals surface area contributed by atoms with Gasteiger partial charge in [0, 0.05) is 15.8 Å². The molecular weight excluding hydrogens is 369 g/mol. The number of fused-ring (bicyclic) bond motifs is 1. The van der Waals surface area contributed by atoms with Crippen LogP contribution in [-0.2, 0) is 9.53 Å². The van der Waals surface area contributed by atoms with Gasteiger partial charge in [0.05, 0.1) is 12.0 Å².